The van der Waals surface area contributed by atoms with Crippen molar-refractivity contribution in [2.45, 2.75) is 18.9 Å². The summed E-state index contributed by atoms with van der Waals surface area (Å²) in [7, 11) is 1.65. The van der Waals surface area contributed by atoms with Crippen LogP contribution in [0.5, 0.6) is 17.4 Å². The van der Waals surface area contributed by atoms with E-state index in [0.717, 1.165) is 39.0 Å². The molecule has 0 spiro atoms. The first-order valence-corrected chi connectivity index (χ1v) is 10.3. The van der Waals surface area contributed by atoms with E-state index in [2.05, 4.69) is 29.2 Å². The summed E-state index contributed by atoms with van der Waals surface area (Å²) < 4.78 is 13.4. The number of nitrogens with zero attached hydrogens (tertiary/aromatic N) is 2. The lowest BCUT2D eigenvalue weighted by atomic mass is 9.83. The number of methoxy groups -OCH3 is 1. The average Bonchev–Trinajstić information content (AvgIpc) is 2.82. The Kier molecular flexibility index (Phi) is 4.92. The molecule has 0 saturated heterocycles. The van der Waals surface area contributed by atoms with Crippen LogP contribution in [-0.2, 0) is 6.54 Å². The van der Waals surface area contributed by atoms with Gasteiger partial charge in [0.25, 0.3) is 0 Å². The summed E-state index contributed by atoms with van der Waals surface area (Å²) >= 11 is 0. The second kappa shape index (κ2) is 7.89. The topological polar surface area (TPSA) is 80.4 Å². The smallest absolute Gasteiger partial charge is 0.228 e. The molecule has 0 fully saturated rings. The molecule has 1 aliphatic heterocycles. The number of ether oxygens (including phenoxy) is 2. The number of hydrogen-bond acceptors (Lipinski definition) is 5. The van der Waals surface area contributed by atoms with Gasteiger partial charge < -0.3 is 19.1 Å². The summed E-state index contributed by atoms with van der Waals surface area (Å²) in [6.07, 6.45) is 2.18. The van der Waals surface area contributed by atoms with E-state index in [4.69, 9.17) is 14.9 Å². The molecule has 0 aliphatic carbocycles. The summed E-state index contributed by atoms with van der Waals surface area (Å²) in [5.74, 6) is 1.82. The molecule has 0 bridgehead atoms. The van der Waals surface area contributed by atoms with Crippen molar-refractivity contribution in [3.63, 3.8) is 0 Å². The molecule has 3 aromatic carbocycles. The van der Waals surface area contributed by atoms with Crippen LogP contribution in [0.3, 0.4) is 0 Å². The largest absolute Gasteiger partial charge is 0.497 e. The van der Waals surface area contributed by atoms with E-state index >= 15 is 0 Å². The Morgan fingerprint density at radius 2 is 1.90 bits per heavy atom. The Hall–Kier alpha value is -3.64. The molecule has 0 unspecified atom stereocenters. The molecule has 31 heavy (non-hydrogen) atoms. The van der Waals surface area contributed by atoms with Gasteiger partial charge in [0.1, 0.15) is 23.3 Å². The number of aliphatic hydroxyl groups excluding tert-OH is 1. The van der Waals surface area contributed by atoms with E-state index in [1.54, 1.807) is 18.0 Å². The zero-order valence-corrected chi connectivity index (χ0v) is 17.2. The predicted molar refractivity (Wildman–Crippen MR) is 118 cm³/mol. The van der Waals surface area contributed by atoms with E-state index in [9.17, 15) is 5.11 Å². The van der Waals surface area contributed by atoms with Gasteiger partial charge in [0.15, 0.2) is 0 Å². The van der Waals surface area contributed by atoms with Gasteiger partial charge in [-0.05, 0) is 29.5 Å². The minimum atomic E-state index is -0.198. The Bertz CT molecular complexity index is 1310. The molecule has 2 heterocycles. The maximum atomic E-state index is 9.24. The number of benzene rings is 3. The van der Waals surface area contributed by atoms with Gasteiger partial charge in [-0.3, -0.25) is 5.41 Å². The van der Waals surface area contributed by atoms with Crippen molar-refractivity contribution >= 4 is 10.8 Å². The molecule has 1 atom stereocenters. The minimum Gasteiger partial charge on any atom is -0.497 e. The fourth-order valence-electron chi connectivity index (χ4n) is 4.25. The second-order valence-electron chi connectivity index (χ2n) is 7.60. The van der Waals surface area contributed by atoms with Crippen LogP contribution in [0.1, 0.15) is 29.0 Å². The molecule has 6 heteroatoms. The third-order valence-corrected chi connectivity index (χ3v) is 5.80. The van der Waals surface area contributed by atoms with Crippen LogP contribution in [0.4, 0.5) is 0 Å². The van der Waals surface area contributed by atoms with E-state index in [-0.39, 0.29) is 12.5 Å². The molecule has 0 radical (unpaired) electrons. The minimum absolute atomic E-state index is 0.0662. The number of aliphatic hydroxyl groups is 1. The molecule has 4 aromatic rings. The highest BCUT2D eigenvalue weighted by Crippen LogP contribution is 2.47. The maximum absolute atomic E-state index is 9.24. The maximum Gasteiger partial charge on any atom is 0.228 e. The quantitative estimate of drug-likeness (QED) is 0.453. The van der Waals surface area contributed by atoms with Crippen molar-refractivity contribution in [2.24, 2.45) is 0 Å². The van der Waals surface area contributed by atoms with Crippen LogP contribution in [-0.4, -0.2) is 28.4 Å². The number of aryl methyl sites for hydroxylation is 1. The molecule has 6 nitrogen and oxygen atoms in total. The van der Waals surface area contributed by atoms with Crippen LogP contribution in [0.15, 0.2) is 67.0 Å². The second-order valence-corrected chi connectivity index (χ2v) is 7.60. The zero-order chi connectivity index (χ0) is 21.4. The van der Waals surface area contributed by atoms with Gasteiger partial charge >= 0.3 is 0 Å². The van der Waals surface area contributed by atoms with Crippen molar-refractivity contribution in [2.75, 3.05) is 13.7 Å². The van der Waals surface area contributed by atoms with E-state index in [0.29, 0.717) is 24.3 Å². The van der Waals surface area contributed by atoms with Gasteiger partial charge in [-0.25, -0.2) is 4.98 Å². The fourth-order valence-corrected chi connectivity index (χ4v) is 4.25. The molecule has 0 amide bonds. The monoisotopic (exact) mass is 413 g/mol. The SMILES string of the molecule is COc1ccc([C@H]2c3ccc4ccccc4c3Oc3ncn(CCCO)c(=N)c32)cc1. The number of nitrogens with one attached hydrogen (secondary N) is 1. The summed E-state index contributed by atoms with van der Waals surface area (Å²) in [5, 5.41) is 20.3. The fraction of sp³-hybridized carbons (Fsp3) is 0.200. The molecule has 5 rings (SSSR count). The third-order valence-electron chi connectivity index (χ3n) is 5.80. The standard InChI is InChI=1S/C25H23N3O3/c1-30-18-10-7-17(8-11-18)21-20-12-9-16-5-2-3-6-19(16)23(20)31-25-22(21)24(26)28(15-27-25)13-4-14-29/h2-3,5-12,15,21,26,29H,4,13-14H2,1H3/t21-/m0/s1. The lowest BCUT2D eigenvalue weighted by molar-refractivity contribution is 0.278. The van der Waals surface area contributed by atoms with E-state index in [1.807, 2.05) is 36.4 Å². The van der Waals surface area contributed by atoms with E-state index in [1.165, 1.54) is 0 Å². The van der Waals surface area contributed by atoms with Gasteiger partial charge in [-0.1, -0.05) is 48.5 Å². The molecule has 0 saturated carbocycles. The first-order valence-electron chi connectivity index (χ1n) is 10.3. The van der Waals surface area contributed by atoms with Crippen molar-refractivity contribution in [3.8, 4) is 17.4 Å². The zero-order valence-electron chi connectivity index (χ0n) is 17.2. The average molecular weight is 413 g/mol. The van der Waals surface area contributed by atoms with Crippen molar-refractivity contribution < 1.29 is 14.6 Å². The van der Waals surface area contributed by atoms with Gasteiger partial charge in [-0.15, -0.1) is 0 Å². The van der Waals surface area contributed by atoms with Crippen LogP contribution in [0.25, 0.3) is 10.8 Å². The third kappa shape index (κ3) is 3.25. The lowest BCUT2D eigenvalue weighted by Gasteiger charge is -2.29. The number of fused-ring (bicyclic) bond motifs is 4. The molecular weight excluding hydrogens is 390 g/mol. The molecular formula is C25H23N3O3. The number of aromatic nitrogens is 2. The van der Waals surface area contributed by atoms with Crippen LogP contribution < -0.4 is 15.0 Å². The van der Waals surface area contributed by atoms with Gasteiger partial charge in [-0.2, -0.15) is 0 Å². The first kappa shape index (κ1) is 19.3. The highest BCUT2D eigenvalue weighted by Gasteiger charge is 2.33. The highest BCUT2D eigenvalue weighted by atomic mass is 16.5. The van der Waals surface area contributed by atoms with Crippen LogP contribution in [0, 0.1) is 5.41 Å². The van der Waals surface area contributed by atoms with Gasteiger partial charge in [0.05, 0.1) is 12.7 Å². The summed E-state index contributed by atoms with van der Waals surface area (Å²) in [5.41, 5.74) is 3.12. The van der Waals surface area contributed by atoms with Gasteiger partial charge in [0.2, 0.25) is 5.88 Å². The Morgan fingerprint density at radius 1 is 1.10 bits per heavy atom. The molecule has 2 N–H and O–H groups in total. The number of rotatable bonds is 5. The predicted octanol–water partition coefficient (Wildman–Crippen LogP) is 4.19. The van der Waals surface area contributed by atoms with Crippen molar-refractivity contribution in [1.82, 2.24) is 9.55 Å². The van der Waals surface area contributed by atoms with Crippen LogP contribution >= 0.6 is 0 Å². The summed E-state index contributed by atoms with van der Waals surface area (Å²) in [4.78, 5) is 4.56. The Morgan fingerprint density at radius 3 is 2.68 bits per heavy atom. The van der Waals surface area contributed by atoms with Crippen molar-refractivity contribution in [3.05, 3.63) is 89.2 Å². The summed E-state index contributed by atoms with van der Waals surface area (Å²) in [6, 6.07) is 20.2. The van der Waals surface area contributed by atoms with Gasteiger partial charge in [0, 0.05) is 30.0 Å². The molecule has 156 valence electrons. The summed E-state index contributed by atoms with van der Waals surface area (Å²) in [6.45, 7) is 0.590. The normalized spacial score (nSPS) is 14.6. The van der Waals surface area contributed by atoms with Crippen LogP contribution in [0.2, 0.25) is 0 Å². The van der Waals surface area contributed by atoms with E-state index < -0.39 is 0 Å². The molecule has 1 aromatic heterocycles. The lowest BCUT2D eigenvalue weighted by Crippen LogP contribution is -2.30. The first-order chi connectivity index (χ1) is 15.2. The number of hydrogen-bond donors (Lipinski definition) is 2. The molecule has 1 aliphatic rings. The Balaban J connectivity index is 1.76. The Labute approximate surface area is 179 Å². The highest BCUT2D eigenvalue weighted by molar-refractivity contribution is 5.91. The van der Waals surface area contributed by atoms with Crippen molar-refractivity contribution in [1.29, 1.82) is 5.41 Å².